The predicted molar refractivity (Wildman–Crippen MR) is 89.3 cm³/mol. The molecule has 1 aromatic carbocycles. The van der Waals surface area contributed by atoms with E-state index in [2.05, 4.69) is 9.97 Å². The Bertz CT molecular complexity index is 716. The second kappa shape index (κ2) is 8.77. The van der Waals surface area contributed by atoms with Crippen LogP contribution in [0.25, 0.3) is 0 Å². The van der Waals surface area contributed by atoms with Crippen LogP contribution in [-0.4, -0.2) is 35.1 Å². The largest absolute Gasteiger partial charge is 0.465 e. The van der Waals surface area contributed by atoms with Gasteiger partial charge in [-0.05, 0) is 38.5 Å². The lowest BCUT2D eigenvalue weighted by Crippen LogP contribution is -2.26. The standard InChI is InChI=1S/C18H20N2O5/c1-4-23-16(21)15(17(22)24-5-2)13-8-7-12(3)11-14(13)25-18-19-9-6-10-20-18/h6-11,15H,4-5H2,1-3H3. The minimum atomic E-state index is -1.24. The van der Waals surface area contributed by atoms with Gasteiger partial charge < -0.3 is 14.2 Å². The van der Waals surface area contributed by atoms with Crippen molar-refractivity contribution in [2.45, 2.75) is 26.7 Å². The molecule has 0 aliphatic carbocycles. The SMILES string of the molecule is CCOC(=O)C(C(=O)OCC)c1ccc(C)cc1Oc1ncccn1. The molecule has 1 aromatic heterocycles. The molecule has 7 nitrogen and oxygen atoms in total. The van der Waals surface area contributed by atoms with E-state index in [1.165, 1.54) is 12.4 Å². The van der Waals surface area contributed by atoms with Crippen LogP contribution < -0.4 is 4.74 Å². The van der Waals surface area contributed by atoms with Gasteiger partial charge in [0.15, 0.2) is 5.92 Å². The summed E-state index contributed by atoms with van der Waals surface area (Å²) in [5, 5.41) is 0. The fraction of sp³-hybridized carbons (Fsp3) is 0.333. The molecular formula is C18H20N2O5. The molecule has 2 aromatic rings. The lowest BCUT2D eigenvalue weighted by Gasteiger charge is -2.18. The zero-order valence-corrected chi connectivity index (χ0v) is 14.4. The molecule has 0 fully saturated rings. The van der Waals surface area contributed by atoms with Crippen molar-refractivity contribution in [2.24, 2.45) is 0 Å². The van der Waals surface area contributed by atoms with Crippen LogP contribution in [0.3, 0.4) is 0 Å². The average molecular weight is 344 g/mol. The summed E-state index contributed by atoms with van der Waals surface area (Å²) in [5.41, 5.74) is 1.23. The number of aryl methyl sites for hydroxylation is 1. The molecule has 1 heterocycles. The van der Waals surface area contributed by atoms with E-state index >= 15 is 0 Å². The summed E-state index contributed by atoms with van der Waals surface area (Å²) in [6.07, 6.45) is 3.07. The van der Waals surface area contributed by atoms with Crippen molar-refractivity contribution in [2.75, 3.05) is 13.2 Å². The summed E-state index contributed by atoms with van der Waals surface area (Å²) in [7, 11) is 0. The van der Waals surface area contributed by atoms with E-state index in [-0.39, 0.29) is 19.2 Å². The van der Waals surface area contributed by atoms with Gasteiger partial charge in [0, 0.05) is 18.0 Å². The van der Waals surface area contributed by atoms with E-state index < -0.39 is 17.9 Å². The van der Waals surface area contributed by atoms with Crippen LogP contribution in [-0.2, 0) is 19.1 Å². The highest BCUT2D eigenvalue weighted by molar-refractivity contribution is 6.01. The monoisotopic (exact) mass is 344 g/mol. The number of hydrogen-bond donors (Lipinski definition) is 0. The Kier molecular flexibility index (Phi) is 6.45. The summed E-state index contributed by atoms with van der Waals surface area (Å²) in [5.74, 6) is -2.32. The van der Waals surface area contributed by atoms with Crippen LogP contribution >= 0.6 is 0 Å². The first-order valence-electron chi connectivity index (χ1n) is 7.95. The highest BCUT2D eigenvalue weighted by Gasteiger charge is 2.34. The fourth-order valence-electron chi connectivity index (χ4n) is 2.21. The molecule has 0 unspecified atom stereocenters. The van der Waals surface area contributed by atoms with Crippen molar-refractivity contribution >= 4 is 11.9 Å². The van der Waals surface area contributed by atoms with Crippen molar-refractivity contribution in [1.82, 2.24) is 9.97 Å². The smallest absolute Gasteiger partial charge is 0.325 e. The Morgan fingerprint density at radius 3 is 2.20 bits per heavy atom. The van der Waals surface area contributed by atoms with E-state index in [0.717, 1.165) is 5.56 Å². The van der Waals surface area contributed by atoms with Crippen molar-refractivity contribution in [3.05, 3.63) is 47.8 Å². The van der Waals surface area contributed by atoms with Gasteiger partial charge in [0.25, 0.3) is 0 Å². The number of benzene rings is 1. The molecule has 132 valence electrons. The molecule has 7 heteroatoms. The van der Waals surface area contributed by atoms with E-state index in [1.807, 2.05) is 6.92 Å². The van der Waals surface area contributed by atoms with Gasteiger partial charge in [-0.3, -0.25) is 9.59 Å². The van der Waals surface area contributed by atoms with Gasteiger partial charge in [0.05, 0.1) is 13.2 Å². The molecular weight excluding hydrogens is 324 g/mol. The Labute approximate surface area is 146 Å². The first-order valence-corrected chi connectivity index (χ1v) is 7.95. The van der Waals surface area contributed by atoms with Crippen LogP contribution in [0.1, 0.15) is 30.9 Å². The minimum Gasteiger partial charge on any atom is -0.465 e. The molecule has 0 aliphatic rings. The third-order valence-corrected chi connectivity index (χ3v) is 3.27. The number of aromatic nitrogens is 2. The molecule has 0 saturated heterocycles. The molecule has 0 spiro atoms. The molecule has 25 heavy (non-hydrogen) atoms. The maximum Gasteiger partial charge on any atom is 0.325 e. The summed E-state index contributed by atoms with van der Waals surface area (Å²) in [4.78, 5) is 32.7. The average Bonchev–Trinajstić information content (AvgIpc) is 2.58. The predicted octanol–water partition coefficient (Wildman–Crippen LogP) is 2.79. The molecule has 0 saturated carbocycles. The number of nitrogens with zero attached hydrogens (tertiary/aromatic N) is 2. The zero-order valence-electron chi connectivity index (χ0n) is 14.4. The summed E-state index contributed by atoms with van der Waals surface area (Å²) >= 11 is 0. The zero-order chi connectivity index (χ0) is 18.2. The van der Waals surface area contributed by atoms with E-state index in [1.54, 1.807) is 38.1 Å². The third-order valence-electron chi connectivity index (χ3n) is 3.27. The molecule has 2 rings (SSSR count). The maximum atomic E-state index is 12.3. The molecule has 0 N–H and O–H groups in total. The Morgan fingerprint density at radius 1 is 1.04 bits per heavy atom. The number of rotatable bonds is 7. The van der Waals surface area contributed by atoms with Crippen LogP contribution in [0, 0.1) is 6.92 Å². The van der Waals surface area contributed by atoms with E-state index in [4.69, 9.17) is 14.2 Å². The highest BCUT2D eigenvalue weighted by atomic mass is 16.6. The number of hydrogen-bond acceptors (Lipinski definition) is 7. The van der Waals surface area contributed by atoms with Gasteiger partial charge in [-0.1, -0.05) is 12.1 Å². The van der Waals surface area contributed by atoms with Crippen LogP contribution in [0.5, 0.6) is 11.8 Å². The molecule has 0 bridgehead atoms. The summed E-state index contributed by atoms with van der Waals surface area (Å²) < 4.78 is 15.8. The normalized spacial score (nSPS) is 10.4. The van der Waals surface area contributed by atoms with Crippen molar-refractivity contribution in [3.63, 3.8) is 0 Å². The second-order valence-electron chi connectivity index (χ2n) is 5.11. The van der Waals surface area contributed by atoms with Gasteiger partial charge in [-0.2, -0.15) is 0 Å². The van der Waals surface area contributed by atoms with E-state index in [0.29, 0.717) is 11.3 Å². The third kappa shape index (κ3) is 4.76. The lowest BCUT2D eigenvalue weighted by molar-refractivity contribution is -0.157. The summed E-state index contributed by atoms with van der Waals surface area (Å²) in [6, 6.07) is 6.90. The van der Waals surface area contributed by atoms with Crippen LogP contribution in [0.2, 0.25) is 0 Å². The Balaban J connectivity index is 2.45. The number of esters is 2. The summed E-state index contributed by atoms with van der Waals surface area (Å²) in [6.45, 7) is 5.51. The van der Waals surface area contributed by atoms with Gasteiger partial charge in [0.1, 0.15) is 5.75 Å². The molecule has 0 aliphatic heterocycles. The van der Waals surface area contributed by atoms with Crippen LogP contribution in [0.15, 0.2) is 36.7 Å². The van der Waals surface area contributed by atoms with Gasteiger partial charge in [0.2, 0.25) is 0 Å². The number of carbonyl (C=O) groups is 2. The minimum absolute atomic E-state index is 0.112. The Morgan fingerprint density at radius 2 is 1.64 bits per heavy atom. The second-order valence-corrected chi connectivity index (χ2v) is 5.11. The number of carbonyl (C=O) groups excluding carboxylic acids is 2. The first kappa shape index (κ1) is 18.4. The van der Waals surface area contributed by atoms with Gasteiger partial charge >= 0.3 is 17.9 Å². The lowest BCUT2D eigenvalue weighted by atomic mass is 9.97. The topological polar surface area (TPSA) is 87.6 Å². The van der Waals surface area contributed by atoms with Crippen LogP contribution in [0.4, 0.5) is 0 Å². The van der Waals surface area contributed by atoms with E-state index in [9.17, 15) is 9.59 Å². The molecule has 0 amide bonds. The van der Waals surface area contributed by atoms with Crippen molar-refractivity contribution in [1.29, 1.82) is 0 Å². The van der Waals surface area contributed by atoms with Gasteiger partial charge in [-0.25, -0.2) is 9.97 Å². The fourth-order valence-corrected chi connectivity index (χ4v) is 2.21. The quantitative estimate of drug-likeness (QED) is 0.564. The number of ether oxygens (including phenoxy) is 3. The molecule has 0 radical (unpaired) electrons. The van der Waals surface area contributed by atoms with Gasteiger partial charge in [-0.15, -0.1) is 0 Å². The van der Waals surface area contributed by atoms with Crippen molar-refractivity contribution < 1.29 is 23.8 Å². The Hall–Kier alpha value is -2.96. The molecule has 0 atom stereocenters. The van der Waals surface area contributed by atoms with Crippen molar-refractivity contribution in [3.8, 4) is 11.8 Å². The maximum absolute atomic E-state index is 12.3. The highest BCUT2D eigenvalue weighted by Crippen LogP contribution is 2.32. The first-order chi connectivity index (χ1) is 12.1.